The average Bonchev–Trinajstić information content (AvgIpc) is 2.31. The van der Waals surface area contributed by atoms with Crippen molar-refractivity contribution in [3.63, 3.8) is 0 Å². The first-order chi connectivity index (χ1) is 5.08. The Hall–Kier alpha value is -0.0900. The summed E-state index contributed by atoms with van der Waals surface area (Å²) in [5.41, 5.74) is -0.483. The predicted octanol–water partition coefficient (Wildman–Crippen LogP) is 0.675. The van der Waals surface area contributed by atoms with Crippen molar-refractivity contribution in [1.29, 1.82) is 0 Å². The summed E-state index contributed by atoms with van der Waals surface area (Å²) in [5, 5.41) is 3.11. The molecule has 2 atom stereocenters. The van der Waals surface area contributed by atoms with Crippen LogP contribution in [0.1, 0.15) is 13.3 Å². The van der Waals surface area contributed by atoms with Crippen LogP contribution in [0.15, 0.2) is 0 Å². The summed E-state index contributed by atoms with van der Waals surface area (Å²) < 4.78 is 4.66. The van der Waals surface area contributed by atoms with E-state index in [0.29, 0.717) is 4.83 Å². The van der Waals surface area contributed by atoms with Crippen molar-refractivity contribution >= 4 is 21.9 Å². The number of halogens is 1. The number of rotatable bonds is 1. The number of carbonyl (C=O) groups is 1. The molecule has 1 rings (SSSR count). The van der Waals surface area contributed by atoms with Gasteiger partial charge in [0.25, 0.3) is 0 Å². The van der Waals surface area contributed by atoms with Crippen LogP contribution in [0.2, 0.25) is 0 Å². The lowest BCUT2D eigenvalue weighted by Crippen LogP contribution is -2.45. The van der Waals surface area contributed by atoms with E-state index in [0.717, 1.165) is 13.0 Å². The zero-order valence-corrected chi connectivity index (χ0v) is 8.27. The largest absolute Gasteiger partial charge is 0.468 e. The van der Waals surface area contributed by atoms with Gasteiger partial charge in [0, 0.05) is 11.4 Å². The van der Waals surface area contributed by atoms with E-state index in [1.165, 1.54) is 7.11 Å². The van der Waals surface area contributed by atoms with E-state index in [1.807, 2.05) is 6.92 Å². The molecule has 0 unspecified atom stereocenters. The molecule has 64 valence electrons. The van der Waals surface area contributed by atoms with Gasteiger partial charge < -0.3 is 10.1 Å². The van der Waals surface area contributed by atoms with Gasteiger partial charge in [-0.2, -0.15) is 0 Å². The molecule has 1 heterocycles. The first-order valence-electron chi connectivity index (χ1n) is 3.56. The Bertz CT molecular complexity index is 174. The highest BCUT2D eigenvalue weighted by Crippen LogP contribution is 2.24. The molecule has 1 fully saturated rings. The molecular formula is C7H12BrNO2. The fraction of sp³-hybridized carbons (Fsp3) is 0.857. The van der Waals surface area contributed by atoms with Crippen molar-refractivity contribution in [2.75, 3.05) is 13.7 Å². The van der Waals surface area contributed by atoms with E-state index < -0.39 is 5.54 Å². The molecule has 1 N–H and O–H groups in total. The number of hydrogen-bond acceptors (Lipinski definition) is 3. The second-order valence-corrected chi connectivity index (χ2v) is 4.30. The lowest BCUT2D eigenvalue weighted by molar-refractivity contribution is -0.147. The third-order valence-corrected chi connectivity index (χ3v) is 2.63. The molecule has 0 aromatic carbocycles. The fourth-order valence-corrected chi connectivity index (χ4v) is 2.11. The Balaban J connectivity index is 2.61. The van der Waals surface area contributed by atoms with Crippen LogP contribution in [0.25, 0.3) is 0 Å². The van der Waals surface area contributed by atoms with Gasteiger partial charge in [-0.3, -0.25) is 4.79 Å². The van der Waals surface area contributed by atoms with Gasteiger partial charge in [0.2, 0.25) is 0 Å². The molecule has 1 saturated heterocycles. The van der Waals surface area contributed by atoms with E-state index in [-0.39, 0.29) is 5.97 Å². The van der Waals surface area contributed by atoms with Gasteiger partial charge >= 0.3 is 5.97 Å². The summed E-state index contributed by atoms with van der Waals surface area (Å²) in [6.45, 7) is 2.69. The Morgan fingerprint density at radius 2 is 2.45 bits per heavy atom. The number of methoxy groups -OCH3 is 1. The first kappa shape index (κ1) is 9.00. The maximum atomic E-state index is 11.2. The third-order valence-electron chi connectivity index (χ3n) is 1.98. The van der Waals surface area contributed by atoms with Gasteiger partial charge in [0.05, 0.1) is 7.11 Å². The average molecular weight is 222 g/mol. The van der Waals surface area contributed by atoms with Gasteiger partial charge in [-0.15, -0.1) is 0 Å². The van der Waals surface area contributed by atoms with E-state index in [1.54, 1.807) is 0 Å². The number of nitrogens with one attached hydrogen (secondary N) is 1. The summed E-state index contributed by atoms with van der Waals surface area (Å²) in [6, 6.07) is 0. The van der Waals surface area contributed by atoms with Crippen molar-refractivity contribution in [1.82, 2.24) is 5.32 Å². The fourth-order valence-electron chi connectivity index (χ4n) is 1.30. The van der Waals surface area contributed by atoms with Crippen molar-refractivity contribution in [2.24, 2.45) is 0 Å². The highest BCUT2D eigenvalue weighted by atomic mass is 79.9. The maximum Gasteiger partial charge on any atom is 0.325 e. The standard InChI is InChI=1S/C7H12BrNO2/c1-7(6(10)11-2)3-5(8)4-9-7/h5,9H,3-4H2,1-2H3/t5-,7+/m1/s1. The Morgan fingerprint density at radius 1 is 1.82 bits per heavy atom. The Labute approximate surface area is 74.6 Å². The van der Waals surface area contributed by atoms with Crippen molar-refractivity contribution in [3.05, 3.63) is 0 Å². The van der Waals surface area contributed by atoms with E-state index in [4.69, 9.17) is 0 Å². The minimum atomic E-state index is -0.483. The normalized spacial score (nSPS) is 37.2. The van der Waals surface area contributed by atoms with Crippen LogP contribution in [-0.2, 0) is 9.53 Å². The molecule has 0 bridgehead atoms. The maximum absolute atomic E-state index is 11.2. The van der Waals surface area contributed by atoms with Crippen LogP contribution in [0.5, 0.6) is 0 Å². The zero-order chi connectivity index (χ0) is 8.48. The monoisotopic (exact) mass is 221 g/mol. The molecule has 0 amide bonds. The minimum absolute atomic E-state index is 0.181. The summed E-state index contributed by atoms with van der Waals surface area (Å²) in [7, 11) is 1.41. The minimum Gasteiger partial charge on any atom is -0.468 e. The second-order valence-electron chi connectivity index (χ2n) is 3.01. The van der Waals surface area contributed by atoms with Crippen LogP contribution in [0, 0.1) is 0 Å². The molecule has 0 spiro atoms. The second kappa shape index (κ2) is 3.11. The highest BCUT2D eigenvalue weighted by Gasteiger charge is 2.40. The first-order valence-corrected chi connectivity index (χ1v) is 4.47. The van der Waals surface area contributed by atoms with Crippen molar-refractivity contribution in [3.8, 4) is 0 Å². The van der Waals surface area contributed by atoms with E-state index in [2.05, 4.69) is 26.0 Å². The van der Waals surface area contributed by atoms with Gasteiger partial charge in [0.1, 0.15) is 5.54 Å². The van der Waals surface area contributed by atoms with Crippen LogP contribution in [0.4, 0.5) is 0 Å². The van der Waals surface area contributed by atoms with Crippen LogP contribution in [0.3, 0.4) is 0 Å². The topological polar surface area (TPSA) is 38.3 Å². The van der Waals surface area contributed by atoms with Gasteiger partial charge in [0.15, 0.2) is 0 Å². The SMILES string of the molecule is COC(=O)[C@]1(C)C[C@@H](Br)CN1. The predicted molar refractivity (Wildman–Crippen MR) is 45.8 cm³/mol. The number of alkyl halides is 1. The molecular weight excluding hydrogens is 210 g/mol. The molecule has 0 aromatic rings. The number of carbonyl (C=O) groups excluding carboxylic acids is 1. The highest BCUT2D eigenvalue weighted by molar-refractivity contribution is 9.09. The molecule has 3 nitrogen and oxygen atoms in total. The smallest absolute Gasteiger partial charge is 0.325 e. The zero-order valence-electron chi connectivity index (χ0n) is 6.69. The molecule has 1 aliphatic heterocycles. The Morgan fingerprint density at radius 3 is 2.82 bits per heavy atom. The molecule has 0 aliphatic carbocycles. The molecule has 0 aromatic heterocycles. The van der Waals surface area contributed by atoms with Crippen LogP contribution < -0.4 is 5.32 Å². The third kappa shape index (κ3) is 1.73. The number of hydrogen-bond donors (Lipinski definition) is 1. The summed E-state index contributed by atoms with van der Waals surface area (Å²) in [5.74, 6) is -0.181. The van der Waals surface area contributed by atoms with E-state index in [9.17, 15) is 4.79 Å². The van der Waals surface area contributed by atoms with E-state index >= 15 is 0 Å². The van der Waals surface area contributed by atoms with Crippen molar-refractivity contribution < 1.29 is 9.53 Å². The molecule has 0 saturated carbocycles. The molecule has 1 aliphatic rings. The van der Waals surface area contributed by atoms with Gasteiger partial charge in [-0.05, 0) is 13.3 Å². The molecule has 11 heavy (non-hydrogen) atoms. The lowest BCUT2D eigenvalue weighted by Gasteiger charge is -2.20. The van der Waals surface area contributed by atoms with Crippen molar-refractivity contribution in [2.45, 2.75) is 23.7 Å². The Kier molecular flexibility index (Phi) is 2.54. The molecule has 4 heteroatoms. The van der Waals surface area contributed by atoms with Crippen LogP contribution in [-0.4, -0.2) is 30.0 Å². The van der Waals surface area contributed by atoms with Crippen LogP contribution >= 0.6 is 15.9 Å². The molecule has 0 radical (unpaired) electrons. The summed E-state index contributed by atoms with van der Waals surface area (Å²) in [4.78, 5) is 11.6. The number of esters is 1. The summed E-state index contributed by atoms with van der Waals surface area (Å²) >= 11 is 3.44. The quantitative estimate of drug-likeness (QED) is 0.523. The number of ether oxygens (including phenoxy) is 1. The van der Waals surface area contributed by atoms with Gasteiger partial charge in [-0.1, -0.05) is 15.9 Å². The summed E-state index contributed by atoms with van der Waals surface area (Å²) in [6.07, 6.45) is 0.791. The van der Waals surface area contributed by atoms with Gasteiger partial charge in [-0.25, -0.2) is 0 Å². The lowest BCUT2D eigenvalue weighted by atomic mass is 10.0.